The molecule has 1 rings (SSSR count). The molecule has 0 amide bonds. The second kappa shape index (κ2) is 5.34. The van der Waals surface area contributed by atoms with Crippen LogP contribution in [0.2, 0.25) is 0 Å². The van der Waals surface area contributed by atoms with Crippen LogP contribution in [0.5, 0.6) is 0 Å². The summed E-state index contributed by atoms with van der Waals surface area (Å²) in [5.74, 6) is -1.03. The average molecular weight is 294 g/mol. The van der Waals surface area contributed by atoms with Gasteiger partial charge in [0.05, 0.1) is 12.1 Å². The van der Waals surface area contributed by atoms with Gasteiger partial charge in [0.15, 0.2) is 0 Å². The van der Waals surface area contributed by atoms with E-state index in [2.05, 4.69) is 20.9 Å². The van der Waals surface area contributed by atoms with E-state index in [1.54, 1.807) is 6.92 Å². The van der Waals surface area contributed by atoms with Crippen LogP contribution in [0.3, 0.4) is 0 Å². The predicted octanol–water partition coefficient (Wildman–Crippen LogP) is 2.85. The van der Waals surface area contributed by atoms with E-state index in [-0.39, 0.29) is 17.3 Å². The number of carboxylic acids is 1. The molecule has 1 heterocycles. The Kier molecular flexibility index (Phi) is 4.35. The van der Waals surface area contributed by atoms with Crippen molar-refractivity contribution >= 4 is 21.9 Å². The SMILES string of the molecule is Cc1c(CC(=O)O)ncc(C(F)F)c1CBr. The highest BCUT2D eigenvalue weighted by Crippen LogP contribution is 2.27. The molecule has 88 valence electrons. The minimum absolute atomic E-state index is 0.150. The molecule has 6 heteroatoms. The van der Waals surface area contributed by atoms with Crippen molar-refractivity contribution in [2.24, 2.45) is 0 Å². The largest absolute Gasteiger partial charge is 0.481 e. The maximum Gasteiger partial charge on any atom is 0.309 e. The van der Waals surface area contributed by atoms with E-state index < -0.39 is 12.4 Å². The summed E-state index contributed by atoms with van der Waals surface area (Å²) in [6, 6.07) is 0. The van der Waals surface area contributed by atoms with Crippen LogP contribution in [0.4, 0.5) is 8.78 Å². The number of hydrogen-bond acceptors (Lipinski definition) is 2. The van der Waals surface area contributed by atoms with Gasteiger partial charge in [-0.25, -0.2) is 8.78 Å². The Bertz CT molecular complexity index is 410. The van der Waals surface area contributed by atoms with Crippen molar-refractivity contribution in [3.05, 3.63) is 28.6 Å². The number of carbonyl (C=O) groups is 1. The first-order chi connectivity index (χ1) is 7.47. The number of halogens is 3. The smallest absolute Gasteiger partial charge is 0.309 e. The van der Waals surface area contributed by atoms with E-state index >= 15 is 0 Å². The monoisotopic (exact) mass is 293 g/mol. The lowest BCUT2D eigenvalue weighted by Gasteiger charge is -2.12. The summed E-state index contributed by atoms with van der Waals surface area (Å²) < 4.78 is 25.2. The Labute approximate surface area is 99.6 Å². The number of nitrogens with zero attached hydrogens (tertiary/aromatic N) is 1. The summed E-state index contributed by atoms with van der Waals surface area (Å²) >= 11 is 3.12. The fourth-order valence-corrected chi connectivity index (χ4v) is 2.14. The average Bonchev–Trinajstić information content (AvgIpc) is 2.19. The molecular formula is C10H10BrF2NO2. The number of hydrogen-bond donors (Lipinski definition) is 1. The third-order valence-corrected chi connectivity index (χ3v) is 2.84. The third-order valence-electron chi connectivity index (χ3n) is 2.28. The summed E-state index contributed by atoms with van der Waals surface area (Å²) in [5, 5.41) is 8.89. The van der Waals surface area contributed by atoms with Gasteiger partial charge in [-0.2, -0.15) is 0 Å². The van der Waals surface area contributed by atoms with Crippen molar-refractivity contribution in [1.29, 1.82) is 0 Å². The number of pyridine rings is 1. The molecule has 0 aliphatic rings. The first kappa shape index (κ1) is 13.0. The lowest BCUT2D eigenvalue weighted by Crippen LogP contribution is -2.08. The standard InChI is InChI=1S/C10H10BrF2NO2/c1-5-6(3-11)7(10(12)13)4-14-8(5)2-9(15)16/h4,10H,2-3H2,1H3,(H,15,16). The summed E-state index contributed by atoms with van der Waals surface area (Å²) in [4.78, 5) is 14.3. The van der Waals surface area contributed by atoms with E-state index in [1.807, 2.05) is 0 Å². The highest BCUT2D eigenvalue weighted by molar-refractivity contribution is 9.08. The van der Waals surface area contributed by atoms with Crippen molar-refractivity contribution in [3.8, 4) is 0 Å². The molecule has 1 N–H and O–H groups in total. The molecule has 3 nitrogen and oxygen atoms in total. The summed E-state index contributed by atoms with van der Waals surface area (Å²) in [6.07, 6.45) is -1.81. The van der Waals surface area contributed by atoms with Gasteiger partial charge in [-0.05, 0) is 18.1 Å². The normalized spacial score (nSPS) is 10.8. The molecule has 1 aromatic rings. The van der Waals surface area contributed by atoms with Crippen LogP contribution in [0.25, 0.3) is 0 Å². The van der Waals surface area contributed by atoms with Crippen molar-refractivity contribution in [2.75, 3.05) is 0 Å². The van der Waals surface area contributed by atoms with Gasteiger partial charge in [-0.3, -0.25) is 9.78 Å². The third kappa shape index (κ3) is 2.75. The predicted molar refractivity (Wildman–Crippen MR) is 57.9 cm³/mol. The summed E-state index contributed by atoms with van der Waals surface area (Å²) in [6.45, 7) is 1.60. The molecular weight excluding hydrogens is 284 g/mol. The molecule has 16 heavy (non-hydrogen) atoms. The number of aliphatic carboxylic acids is 1. The van der Waals surface area contributed by atoms with Crippen LogP contribution in [-0.4, -0.2) is 16.1 Å². The molecule has 0 spiro atoms. The zero-order valence-corrected chi connectivity index (χ0v) is 10.1. The van der Waals surface area contributed by atoms with E-state index in [9.17, 15) is 13.6 Å². The second-order valence-electron chi connectivity index (χ2n) is 3.27. The van der Waals surface area contributed by atoms with Crippen molar-refractivity contribution < 1.29 is 18.7 Å². The van der Waals surface area contributed by atoms with Gasteiger partial charge in [0, 0.05) is 17.1 Å². The molecule has 0 unspecified atom stereocenters. The van der Waals surface area contributed by atoms with Gasteiger partial charge in [0.2, 0.25) is 0 Å². The quantitative estimate of drug-likeness (QED) is 0.869. The lowest BCUT2D eigenvalue weighted by molar-refractivity contribution is -0.136. The lowest BCUT2D eigenvalue weighted by atomic mass is 10.0. The van der Waals surface area contributed by atoms with Crippen LogP contribution in [0, 0.1) is 6.92 Å². The van der Waals surface area contributed by atoms with Gasteiger partial charge >= 0.3 is 5.97 Å². The summed E-state index contributed by atoms with van der Waals surface area (Å²) in [5.41, 5.74) is 1.10. The van der Waals surface area contributed by atoms with Crippen LogP contribution < -0.4 is 0 Å². The molecule has 0 aliphatic heterocycles. The highest BCUT2D eigenvalue weighted by atomic mass is 79.9. The fourth-order valence-electron chi connectivity index (χ4n) is 1.40. The van der Waals surface area contributed by atoms with Gasteiger partial charge < -0.3 is 5.11 Å². The van der Waals surface area contributed by atoms with E-state index in [0.717, 1.165) is 6.20 Å². The molecule has 0 saturated heterocycles. The molecule has 0 bridgehead atoms. The molecule has 0 fully saturated rings. The Morgan fingerprint density at radius 2 is 2.25 bits per heavy atom. The first-order valence-electron chi connectivity index (χ1n) is 4.50. The van der Waals surface area contributed by atoms with Gasteiger partial charge in [0.1, 0.15) is 0 Å². The van der Waals surface area contributed by atoms with E-state index in [0.29, 0.717) is 16.8 Å². The van der Waals surface area contributed by atoms with E-state index in [1.165, 1.54) is 0 Å². The Morgan fingerprint density at radius 3 is 2.69 bits per heavy atom. The summed E-state index contributed by atoms with van der Waals surface area (Å²) in [7, 11) is 0. The Balaban J connectivity index is 3.23. The first-order valence-corrected chi connectivity index (χ1v) is 5.62. The molecule has 0 aliphatic carbocycles. The van der Waals surface area contributed by atoms with Crippen molar-refractivity contribution in [1.82, 2.24) is 4.98 Å². The van der Waals surface area contributed by atoms with Gasteiger partial charge in [-0.1, -0.05) is 15.9 Å². The number of carboxylic acid groups (broad SMARTS) is 1. The highest BCUT2D eigenvalue weighted by Gasteiger charge is 2.18. The minimum Gasteiger partial charge on any atom is -0.481 e. The zero-order chi connectivity index (χ0) is 12.3. The number of alkyl halides is 3. The number of rotatable bonds is 4. The molecule has 1 aromatic heterocycles. The molecule has 0 atom stereocenters. The maximum absolute atomic E-state index is 12.6. The molecule has 0 radical (unpaired) electrons. The van der Waals surface area contributed by atoms with Crippen LogP contribution >= 0.6 is 15.9 Å². The van der Waals surface area contributed by atoms with Gasteiger partial charge in [0.25, 0.3) is 6.43 Å². The topological polar surface area (TPSA) is 50.2 Å². The van der Waals surface area contributed by atoms with Crippen LogP contribution in [0.15, 0.2) is 6.20 Å². The van der Waals surface area contributed by atoms with Crippen molar-refractivity contribution in [3.63, 3.8) is 0 Å². The van der Waals surface area contributed by atoms with Gasteiger partial charge in [-0.15, -0.1) is 0 Å². The Morgan fingerprint density at radius 1 is 1.62 bits per heavy atom. The van der Waals surface area contributed by atoms with Crippen molar-refractivity contribution in [2.45, 2.75) is 25.1 Å². The maximum atomic E-state index is 12.6. The van der Waals surface area contributed by atoms with E-state index in [4.69, 9.17) is 5.11 Å². The second-order valence-corrected chi connectivity index (χ2v) is 3.83. The molecule has 0 saturated carbocycles. The minimum atomic E-state index is -2.60. The zero-order valence-electron chi connectivity index (χ0n) is 8.51. The van der Waals surface area contributed by atoms with Crippen LogP contribution in [-0.2, 0) is 16.5 Å². The number of aromatic nitrogens is 1. The molecule has 0 aromatic carbocycles. The van der Waals surface area contributed by atoms with Crippen LogP contribution in [0.1, 0.15) is 28.8 Å². The Hall–Kier alpha value is -1.04. The fraction of sp³-hybridized carbons (Fsp3) is 0.400.